The third kappa shape index (κ3) is 4.73. The second-order valence-electron chi connectivity index (χ2n) is 9.00. The first-order valence-electron chi connectivity index (χ1n) is 10.5. The van der Waals surface area contributed by atoms with Crippen LogP contribution >= 0.6 is 0 Å². The van der Waals surface area contributed by atoms with Crippen molar-refractivity contribution in [2.45, 2.75) is 37.1 Å². The lowest BCUT2D eigenvalue weighted by Crippen LogP contribution is -2.53. The van der Waals surface area contributed by atoms with Crippen LogP contribution < -0.4 is 4.72 Å². The lowest BCUT2D eigenvalue weighted by atomic mass is 9.87. The minimum atomic E-state index is -3.75. The van der Waals surface area contributed by atoms with Gasteiger partial charge in [-0.3, -0.25) is 4.79 Å². The number of hydrogen-bond acceptors (Lipinski definition) is 5. The number of amides is 1. The summed E-state index contributed by atoms with van der Waals surface area (Å²) in [5.74, 6) is -0.264. The van der Waals surface area contributed by atoms with Crippen molar-refractivity contribution in [2.75, 3.05) is 19.6 Å². The highest BCUT2D eigenvalue weighted by atomic mass is 32.2. The molecule has 0 saturated carbocycles. The van der Waals surface area contributed by atoms with Gasteiger partial charge in [-0.05, 0) is 23.1 Å². The van der Waals surface area contributed by atoms with Crippen molar-refractivity contribution in [1.82, 2.24) is 24.6 Å². The van der Waals surface area contributed by atoms with Gasteiger partial charge in [0.15, 0.2) is 0 Å². The Balaban J connectivity index is 1.30. The number of carbonyl (C=O) groups excluding carboxylic acids is 1. The lowest BCUT2D eigenvalue weighted by Gasteiger charge is -2.38. The number of nitrogens with one attached hydrogen (secondary N) is 1. The molecule has 2 aromatic carbocycles. The number of carbonyl (C=O) groups is 1. The SMILES string of the molecule is CC(C)(C)c1ccc(S(=O)(=O)NCC(=O)N2CC(n3cc(-c4ccccc4)nn3)C2)cc1. The summed E-state index contributed by atoms with van der Waals surface area (Å²) in [5.41, 5.74) is 2.74. The van der Waals surface area contributed by atoms with Crippen molar-refractivity contribution in [2.24, 2.45) is 0 Å². The van der Waals surface area contributed by atoms with Gasteiger partial charge >= 0.3 is 0 Å². The summed E-state index contributed by atoms with van der Waals surface area (Å²) in [6.07, 6.45) is 1.87. The van der Waals surface area contributed by atoms with Crippen LogP contribution in [-0.4, -0.2) is 53.9 Å². The molecule has 2 heterocycles. The van der Waals surface area contributed by atoms with E-state index < -0.39 is 10.0 Å². The maximum atomic E-state index is 12.5. The van der Waals surface area contributed by atoms with Crippen molar-refractivity contribution < 1.29 is 13.2 Å². The van der Waals surface area contributed by atoms with Crippen molar-refractivity contribution in [1.29, 1.82) is 0 Å². The zero-order chi connectivity index (χ0) is 22.9. The van der Waals surface area contributed by atoms with Crippen LogP contribution in [0.5, 0.6) is 0 Å². The van der Waals surface area contributed by atoms with E-state index in [-0.39, 0.29) is 28.8 Å². The van der Waals surface area contributed by atoms with Gasteiger partial charge in [0.25, 0.3) is 0 Å². The number of nitrogens with zero attached hydrogens (tertiary/aromatic N) is 4. The van der Waals surface area contributed by atoms with E-state index in [9.17, 15) is 13.2 Å². The maximum absolute atomic E-state index is 12.5. The van der Waals surface area contributed by atoms with Crippen LogP contribution in [0.25, 0.3) is 11.3 Å². The highest BCUT2D eigenvalue weighted by Gasteiger charge is 2.33. The molecule has 1 fully saturated rings. The molecule has 0 unspecified atom stereocenters. The van der Waals surface area contributed by atoms with E-state index in [0.29, 0.717) is 13.1 Å². The summed E-state index contributed by atoms with van der Waals surface area (Å²) < 4.78 is 29.3. The molecule has 0 bridgehead atoms. The van der Waals surface area contributed by atoms with Gasteiger partial charge in [0.05, 0.1) is 23.7 Å². The number of hydrogen-bond donors (Lipinski definition) is 1. The minimum absolute atomic E-state index is 0.0328. The first kappa shape index (κ1) is 22.2. The molecular weight excluding hydrogens is 426 g/mol. The summed E-state index contributed by atoms with van der Waals surface area (Å²) in [5, 5.41) is 8.38. The van der Waals surface area contributed by atoms with Gasteiger partial charge < -0.3 is 4.90 Å². The molecule has 3 aromatic rings. The van der Waals surface area contributed by atoms with Gasteiger partial charge in [0.2, 0.25) is 15.9 Å². The smallest absolute Gasteiger partial charge is 0.241 e. The number of benzene rings is 2. The van der Waals surface area contributed by atoms with Crippen molar-refractivity contribution >= 4 is 15.9 Å². The van der Waals surface area contributed by atoms with Crippen LogP contribution in [0.1, 0.15) is 32.4 Å². The number of sulfonamides is 1. The van der Waals surface area contributed by atoms with Crippen LogP contribution in [-0.2, 0) is 20.2 Å². The summed E-state index contributed by atoms with van der Waals surface area (Å²) in [4.78, 5) is 14.2. The Labute approximate surface area is 188 Å². The molecule has 1 aliphatic heterocycles. The molecule has 9 heteroatoms. The Morgan fingerprint density at radius 1 is 1.06 bits per heavy atom. The van der Waals surface area contributed by atoms with E-state index >= 15 is 0 Å². The molecule has 1 amide bonds. The zero-order valence-corrected chi connectivity index (χ0v) is 19.2. The second kappa shape index (κ2) is 8.48. The lowest BCUT2D eigenvalue weighted by molar-refractivity contribution is -0.135. The Kier molecular flexibility index (Phi) is 5.87. The monoisotopic (exact) mass is 453 g/mol. The molecule has 1 saturated heterocycles. The zero-order valence-electron chi connectivity index (χ0n) is 18.4. The normalized spacial score (nSPS) is 14.9. The average Bonchev–Trinajstić information content (AvgIpc) is 3.21. The summed E-state index contributed by atoms with van der Waals surface area (Å²) in [6, 6.07) is 16.5. The Bertz CT molecular complexity index is 1190. The predicted molar refractivity (Wildman–Crippen MR) is 121 cm³/mol. The van der Waals surface area contributed by atoms with E-state index in [1.54, 1.807) is 33.8 Å². The van der Waals surface area contributed by atoms with Crippen LogP contribution in [0.2, 0.25) is 0 Å². The number of aromatic nitrogens is 3. The molecule has 0 aliphatic carbocycles. The molecule has 1 aromatic heterocycles. The molecule has 0 atom stereocenters. The largest absolute Gasteiger partial charge is 0.337 e. The average molecular weight is 454 g/mol. The van der Waals surface area contributed by atoms with E-state index in [0.717, 1.165) is 16.8 Å². The Hall–Kier alpha value is -3.04. The maximum Gasteiger partial charge on any atom is 0.241 e. The molecule has 8 nitrogen and oxygen atoms in total. The molecule has 4 rings (SSSR count). The van der Waals surface area contributed by atoms with E-state index in [4.69, 9.17) is 0 Å². The molecule has 168 valence electrons. The highest BCUT2D eigenvalue weighted by molar-refractivity contribution is 7.89. The highest BCUT2D eigenvalue weighted by Crippen LogP contribution is 2.24. The number of likely N-dealkylation sites (tertiary alicyclic amines) is 1. The third-order valence-corrected chi connectivity index (χ3v) is 7.03. The molecule has 1 N–H and O–H groups in total. The fourth-order valence-corrected chi connectivity index (χ4v) is 4.48. The van der Waals surface area contributed by atoms with Crippen molar-refractivity contribution in [3.63, 3.8) is 0 Å². The molecule has 0 radical (unpaired) electrons. The number of rotatable bonds is 6. The molecular formula is C23H27N5O3S. The van der Waals surface area contributed by atoms with E-state index in [2.05, 4.69) is 35.8 Å². The van der Waals surface area contributed by atoms with Crippen LogP contribution in [0, 0.1) is 0 Å². The molecule has 1 aliphatic rings. The third-order valence-electron chi connectivity index (χ3n) is 5.61. The van der Waals surface area contributed by atoms with Gasteiger partial charge in [0.1, 0.15) is 5.69 Å². The van der Waals surface area contributed by atoms with Crippen LogP contribution in [0.3, 0.4) is 0 Å². The quantitative estimate of drug-likeness (QED) is 0.619. The fourth-order valence-electron chi connectivity index (χ4n) is 3.51. The van der Waals surface area contributed by atoms with Crippen molar-refractivity contribution in [3.8, 4) is 11.3 Å². The summed E-state index contributed by atoms with van der Waals surface area (Å²) >= 11 is 0. The molecule has 0 spiro atoms. The Morgan fingerprint density at radius 3 is 2.34 bits per heavy atom. The minimum Gasteiger partial charge on any atom is -0.337 e. The van der Waals surface area contributed by atoms with Gasteiger partial charge in [-0.25, -0.2) is 17.8 Å². The fraction of sp³-hybridized carbons (Fsp3) is 0.348. The van der Waals surface area contributed by atoms with Crippen molar-refractivity contribution in [3.05, 3.63) is 66.4 Å². The summed E-state index contributed by atoms with van der Waals surface area (Å²) in [6.45, 7) is 6.86. The van der Waals surface area contributed by atoms with Gasteiger partial charge in [0, 0.05) is 18.7 Å². The van der Waals surface area contributed by atoms with Gasteiger partial charge in [-0.1, -0.05) is 68.4 Å². The predicted octanol–water partition coefficient (Wildman–Crippen LogP) is 2.60. The van der Waals surface area contributed by atoms with Gasteiger partial charge in [-0.15, -0.1) is 5.10 Å². The van der Waals surface area contributed by atoms with Crippen LogP contribution in [0.15, 0.2) is 65.7 Å². The summed E-state index contributed by atoms with van der Waals surface area (Å²) in [7, 11) is -3.75. The molecule has 32 heavy (non-hydrogen) atoms. The van der Waals surface area contributed by atoms with E-state index in [1.165, 1.54) is 0 Å². The Morgan fingerprint density at radius 2 is 1.72 bits per heavy atom. The topological polar surface area (TPSA) is 97.2 Å². The first-order chi connectivity index (χ1) is 15.1. The first-order valence-corrected chi connectivity index (χ1v) is 12.0. The van der Waals surface area contributed by atoms with E-state index in [1.807, 2.05) is 36.5 Å². The standard InChI is InChI=1S/C23H27N5O3S/c1-23(2,3)18-9-11-20(12-10-18)32(30,31)24-13-22(29)27-14-19(15-27)28-16-21(25-26-28)17-7-5-4-6-8-17/h4-12,16,19,24H,13-15H2,1-3H3. The van der Waals surface area contributed by atoms with Crippen LogP contribution in [0.4, 0.5) is 0 Å². The second-order valence-corrected chi connectivity index (χ2v) is 10.8. The van der Waals surface area contributed by atoms with Gasteiger partial charge in [-0.2, -0.15) is 0 Å².